The second-order valence-electron chi connectivity index (χ2n) is 9.68. The molecule has 6 rings (SSSR count). The number of aryl methyl sites for hydroxylation is 2. The Balaban J connectivity index is 1.34. The van der Waals surface area contributed by atoms with E-state index in [0.29, 0.717) is 48.1 Å². The van der Waals surface area contributed by atoms with E-state index in [-0.39, 0.29) is 11.7 Å². The Morgan fingerprint density at radius 2 is 2.08 bits per heavy atom. The molecule has 3 aromatic rings. The highest BCUT2D eigenvalue weighted by Gasteiger charge is 2.35. The largest absolute Gasteiger partial charge is 0.484 e. The molecule has 1 fully saturated rings. The van der Waals surface area contributed by atoms with Crippen LogP contribution < -0.4 is 15.0 Å². The van der Waals surface area contributed by atoms with Crippen molar-refractivity contribution in [2.45, 2.75) is 51.2 Å². The number of halogens is 1. The molecule has 0 saturated heterocycles. The number of anilines is 2. The minimum absolute atomic E-state index is 0.285. The number of aromatic nitrogens is 2. The number of rotatable bonds is 5. The van der Waals surface area contributed by atoms with Crippen molar-refractivity contribution >= 4 is 29.5 Å². The number of aliphatic carboxylic acids is 1. The van der Waals surface area contributed by atoms with Gasteiger partial charge in [-0.25, -0.2) is 14.0 Å². The molecule has 37 heavy (non-hydrogen) atoms. The number of hydrogen-bond acceptors (Lipinski definition) is 5. The number of carboxylic acid groups (broad SMARTS) is 1. The normalized spacial score (nSPS) is 18.7. The molecule has 1 saturated carbocycles. The van der Waals surface area contributed by atoms with Gasteiger partial charge in [-0.2, -0.15) is 0 Å². The number of pyridine rings is 2. The molecular weight excluding hydrogens is 475 g/mol. The summed E-state index contributed by atoms with van der Waals surface area (Å²) in [6.07, 6.45) is 6.90. The van der Waals surface area contributed by atoms with E-state index in [1.54, 1.807) is 23.2 Å². The van der Waals surface area contributed by atoms with Crippen LogP contribution in [0, 0.1) is 12.7 Å². The van der Waals surface area contributed by atoms with Crippen molar-refractivity contribution in [2.75, 3.05) is 10.2 Å². The third-order valence-corrected chi connectivity index (χ3v) is 7.05. The van der Waals surface area contributed by atoms with E-state index in [1.807, 2.05) is 19.1 Å². The van der Waals surface area contributed by atoms with Gasteiger partial charge < -0.3 is 15.2 Å². The fourth-order valence-electron chi connectivity index (χ4n) is 5.09. The average molecular weight is 501 g/mol. The number of carbonyl (C=O) groups is 2. The van der Waals surface area contributed by atoms with Gasteiger partial charge in [0.05, 0.1) is 29.3 Å². The maximum absolute atomic E-state index is 14.4. The molecule has 2 aromatic heterocycles. The molecule has 0 bridgehead atoms. The fraction of sp³-hybridized carbons (Fsp3) is 0.286. The van der Waals surface area contributed by atoms with Crippen LogP contribution >= 0.6 is 0 Å². The van der Waals surface area contributed by atoms with Gasteiger partial charge in [0.2, 0.25) is 0 Å². The van der Waals surface area contributed by atoms with Crippen molar-refractivity contribution in [3.63, 3.8) is 0 Å². The molecular formula is C28H25FN4O4. The second-order valence-corrected chi connectivity index (χ2v) is 9.68. The summed E-state index contributed by atoms with van der Waals surface area (Å²) >= 11 is 0. The lowest BCUT2D eigenvalue weighted by molar-refractivity contribution is -0.131. The van der Waals surface area contributed by atoms with Gasteiger partial charge in [-0.1, -0.05) is 6.07 Å². The third kappa shape index (κ3) is 4.41. The summed E-state index contributed by atoms with van der Waals surface area (Å²) in [5.74, 6) is -0.533. The van der Waals surface area contributed by atoms with Crippen LogP contribution in [0.25, 0.3) is 6.08 Å². The van der Waals surface area contributed by atoms with Crippen molar-refractivity contribution in [1.29, 1.82) is 0 Å². The summed E-state index contributed by atoms with van der Waals surface area (Å²) in [5, 5.41) is 12.0. The zero-order valence-electron chi connectivity index (χ0n) is 20.2. The number of nitrogens with zero attached hydrogens (tertiary/aromatic N) is 3. The summed E-state index contributed by atoms with van der Waals surface area (Å²) in [7, 11) is 0. The highest BCUT2D eigenvalue weighted by atomic mass is 19.1. The van der Waals surface area contributed by atoms with Crippen molar-refractivity contribution in [1.82, 2.24) is 9.97 Å². The summed E-state index contributed by atoms with van der Waals surface area (Å²) in [6, 6.07) is 8.24. The number of amides is 2. The van der Waals surface area contributed by atoms with Gasteiger partial charge in [0.25, 0.3) is 0 Å². The predicted molar refractivity (Wildman–Crippen MR) is 135 cm³/mol. The zero-order chi connectivity index (χ0) is 25.7. The number of nitrogens with one attached hydrogen (secondary N) is 1. The molecule has 1 atom stereocenters. The van der Waals surface area contributed by atoms with E-state index in [9.17, 15) is 14.0 Å². The van der Waals surface area contributed by atoms with E-state index < -0.39 is 17.9 Å². The van der Waals surface area contributed by atoms with Gasteiger partial charge in [0, 0.05) is 29.8 Å². The van der Waals surface area contributed by atoms with Gasteiger partial charge >= 0.3 is 12.0 Å². The summed E-state index contributed by atoms with van der Waals surface area (Å²) in [6.45, 7) is 2.30. The number of carboxylic acids is 1. The van der Waals surface area contributed by atoms with E-state index >= 15 is 0 Å². The number of urea groups is 1. The Morgan fingerprint density at radius 3 is 2.84 bits per heavy atom. The third-order valence-electron chi connectivity index (χ3n) is 7.05. The number of fused-ring (bicyclic) bond motifs is 2. The van der Waals surface area contributed by atoms with Gasteiger partial charge in [0.15, 0.2) is 0 Å². The lowest BCUT2D eigenvalue weighted by atomic mass is 9.96. The Labute approximate surface area is 212 Å². The lowest BCUT2D eigenvalue weighted by Gasteiger charge is -2.33. The maximum Gasteiger partial charge on any atom is 0.328 e. The standard InChI is InChI=1S/C28H25FN4O4/c1-15-11-17-6-8-23(27-20(29)3-2-10-30-27)37-24(17)13-22(15)33-14-19-21(32-28(33)36)12-18(7-9-25(34)35)31-26(19)16-4-5-16/h2-3,7,9-13,16,23H,4-6,8,14H2,1H3,(H,32,36)(H,34,35)/b9-7+. The second kappa shape index (κ2) is 8.99. The van der Waals surface area contributed by atoms with Gasteiger partial charge in [0.1, 0.15) is 23.4 Å². The van der Waals surface area contributed by atoms with E-state index in [0.717, 1.165) is 41.3 Å². The minimum Gasteiger partial charge on any atom is -0.484 e. The van der Waals surface area contributed by atoms with Crippen molar-refractivity contribution in [3.05, 3.63) is 82.2 Å². The molecule has 3 aliphatic rings. The topological polar surface area (TPSA) is 105 Å². The first-order valence-electron chi connectivity index (χ1n) is 12.3. The molecule has 188 valence electrons. The van der Waals surface area contributed by atoms with Crippen LogP contribution in [0.2, 0.25) is 0 Å². The van der Waals surface area contributed by atoms with Crippen LogP contribution in [0.5, 0.6) is 5.75 Å². The van der Waals surface area contributed by atoms with Crippen molar-refractivity contribution in [3.8, 4) is 5.75 Å². The smallest absolute Gasteiger partial charge is 0.328 e. The molecule has 0 radical (unpaired) electrons. The van der Waals surface area contributed by atoms with Crippen LogP contribution in [0.3, 0.4) is 0 Å². The number of carbonyl (C=O) groups excluding carboxylic acids is 1. The summed E-state index contributed by atoms with van der Waals surface area (Å²) < 4.78 is 20.6. The Hall–Kier alpha value is -4.27. The molecule has 8 nitrogen and oxygen atoms in total. The fourth-order valence-corrected chi connectivity index (χ4v) is 5.09. The SMILES string of the molecule is Cc1cc2c(cc1N1Cc3c(cc(/C=C/C(=O)O)nc3C3CC3)NC1=O)OC(c1ncccc1F)CC2. The molecule has 2 aliphatic heterocycles. The lowest BCUT2D eigenvalue weighted by Crippen LogP contribution is -2.40. The van der Waals surface area contributed by atoms with Gasteiger partial charge in [-0.3, -0.25) is 14.9 Å². The molecule has 4 heterocycles. The van der Waals surface area contributed by atoms with Crippen LogP contribution in [0.15, 0.2) is 42.6 Å². The van der Waals surface area contributed by atoms with Crippen molar-refractivity contribution in [2.24, 2.45) is 0 Å². The summed E-state index contributed by atoms with van der Waals surface area (Å²) in [4.78, 5) is 34.8. The summed E-state index contributed by atoms with van der Waals surface area (Å²) in [5.41, 5.74) is 5.93. The molecule has 2 N–H and O–H groups in total. The van der Waals surface area contributed by atoms with Gasteiger partial charge in [-0.05, 0) is 68.0 Å². The first kappa shape index (κ1) is 23.1. The first-order valence-corrected chi connectivity index (χ1v) is 12.3. The predicted octanol–water partition coefficient (Wildman–Crippen LogP) is 5.52. The number of hydrogen-bond donors (Lipinski definition) is 2. The molecule has 9 heteroatoms. The molecule has 1 aliphatic carbocycles. The quantitative estimate of drug-likeness (QED) is 0.447. The highest BCUT2D eigenvalue weighted by molar-refractivity contribution is 6.05. The molecule has 1 unspecified atom stereocenters. The monoisotopic (exact) mass is 500 g/mol. The maximum atomic E-state index is 14.4. The molecule has 0 spiro atoms. The van der Waals surface area contributed by atoms with E-state index in [1.165, 1.54) is 12.1 Å². The van der Waals surface area contributed by atoms with Gasteiger partial charge in [-0.15, -0.1) is 0 Å². The molecule has 1 aromatic carbocycles. The van der Waals surface area contributed by atoms with Crippen LogP contribution in [0.4, 0.5) is 20.6 Å². The van der Waals surface area contributed by atoms with Crippen LogP contribution in [-0.4, -0.2) is 27.1 Å². The van der Waals surface area contributed by atoms with Crippen LogP contribution in [0.1, 0.15) is 65.1 Å². The highest BCUT2D eigenvalue weighted by Crippen LogP contribution is 2.45. The molecule has 2 amide bonds. The van der Waals surface area contributed by atoms with Crippen molar-refractivity contribution < 1.29 is 23.8 Å². The zero-order valence-corrected chi connectivity index (χ0v) is 20.2. The minimum atomic E-state index is -1.05. The Morgan fingerprint density at radius 1 is 1.24 bits per heavy atom. The van der Waals surface area contributed by atoms with E-state index in [2.05, 4.69) is 10.3 Å². The first-order chi connectivity index (χ1) is 17.9. The number of benzene rings is 1. The van der Waals surface area contributed by atoms with Crippen LogP contribution in [-0.2, 0) is 17.8 Å². The Bertz CT molecular complexity index is 1470. The number of ether oxygens (including phenoxy) is 1. The average Bonchev–Trinajstić information content (AvgIpc) is 3.72. The Kier molecular flexibility index (Phi) is 5.62. The van der Waals surface area contributed by atoms with E-state index in [4.69, 9.17) is 14.8 Å².